The summed E-state index contributed by atoms with van der Waals surface area (Å²) in [4.78, 5) is 2.97. The SMILES string of the molecule is C(=C\c1cnoc1)/c1cc[nH]c1. The molecule has 0 unspecified atom stereocenters. The minimum Gasteiger partial charge on any atom is -0.367 e. The van der Waals surface area contributed by atoms with E-state index in [9.17, 15) is 0 Å². The van der Waals surface area contributed by atoms with E-state index in [1.807, 2.05) is 30.6 Å². The molecule has 0 aliphatic rings. The molecule has 1 N–H and O–H groups in total. The number of H-pyrrole nitrogens is 1. The first kappa shape index (κ1) is 6.91. The van der Waals surface area contributed by atoms with E-state index in [4.69, 9.17) is 0 Å². The van der Waals surface area contributed by atoms with Gasteiger partial charge in [0.1, 0.15) is 6.26 Å². The fraction of sp³-hybridized carbons (Fsp3) is 0. The van der Waals surface area contributed by atoms with E-state index in [-0.39, 0.29) is 0 Å². The summed E-state index contributed by atoms with van der Waals surface area (Å²) in [7, 11) is 0. The van der Waals surface area contributed by atoms with Crippen molar-refractivity contribution in [2.45, 2.75) is 0 Å². The molecular formula is C9H8N2O. The molecule has 2 rings (SSSR count). The lowest BCUT2D eigenvalue weighted by molar-refractivity contribution is 0.419. The van der Waals surface area contributed by atoms with Gasteiger partial charge in [0.2, 0.25) is 0 Å². The maximum atomic E-state index is 4.68. The Labute approximate surface area is 69.7 Å². The number of nitrogens with one attached hydrogen (secondary N) is 1. The van der Waals surface area contributed by atoms with Crippen LogP contribution in [0.15, 0.2) is 35.4 Å². The molecule has 0 saturated heterocycles. The van der Waals surface area contributed by atoms with Crippen LogP contribution in [0.1, 0.15) is 11.1 Å². The van der Waals surface area contributed by atoms with Crippen LogP contribution in [0, 0.1) is 0 Å². The number of aromatic nitrogens is 2. The number of rotatable bonds is 2. The van der Waals surface area contributed by atoms with E-state index in [1.165, 1.54) is 0 Å². The van der Waals surface area contributed by atoms with Crippen molar-refractivity contribution in [3.8, 4) is 0 Å². The summed E-state index contributed by atoms with van der Waals surface area (Å²) < 4.78 is 4.68. The first-order chi connectivity index (χ1) is 5.95. The van der Waals surface area contributed by atoms with Crippen molar-refractivity contribution in [2.75, 3.05) is 0 Å². The van der Waals surface area contributed by atoms with E-state index >= 15 is 0 Å². The molecule has 0 aromatic carbocycles. The Bertz CT molecular complexity index is 310. The highest BCUT2D eigenvalue weighted by atomic mass is 16.5. The van der Waals surface area contributed by atoms with Crippen molar-refractivity contribution in [3.05, 3.63) is 42.0 Å². The average Bonchev–Trinajstić information content (AvgIpc) is 2.74. The summed E-state index contributed by atoms with van der Waals surface area (Å²) in [5.74, 6) is 0. The van der Waals surface area contributed by atoms with Gasteiger partial charge in [0.25, 0.3) is 0 Å². The molecule has 0 saturated carbocycles. The smallest absolute Gasteiger partial charge is 0.131 e. The largest absolute Gasteiger partial charge is 0.367 e. The molecule has 60 valence electrons. The molecular weight excluding hydrogens is 152 g/mol. The third kappa shape index (κ3) is 1.45. The van der Waals surface area contributed by atoms with Gasteiger partial charge < -0.3 is 9.51 Å². The van der Waals surface area contributed by atoms with Crippen molar-refractivity contribution in [1.82, 2.24) is 10.1 Å². The summed E-state index contributed by atoms with van der Waals surface area (Å²) in [5.41, 5.74) is 2.10. The number of hydrogen-bond acceptors (Lipinski definition) is 2. The molecule has 0 fully saturated rings. The fourth-order valence-corrected chi connectivity index (χ4v) is 0.928. The van der Waals surface area contributed by atoms with E-state index in [0.717, 1.165) is 11.1 Å². The first-order valence-electron chi connectivity index (χ1n) is 3.65. The Kier molecular flexibility index (Phi) is 1.78. The van der Waals surface area contributed by atoms with Gasteiger partial charge >= 0.3 is 0 Å². The van der Waals surface area contributed by atoms with Crippen LogP contribution in [-0.2, 0) is 0 Å². The molecule has 2 aromatic rings. The minimum absolute atomic E-state index is 0.969. The second-order valence-corrected chi connectivity index (χ2v) is 2.44. The summed E-state index contributed by atoms with van der Waals surface area (Å²) in [5, 5.41) is 3.59. The molecule has 12 heavy (non-hydrogen) atoms. The van der Waals surface area contributed by atoms with Gasteiger partial charge in [0.15, 0.2) is 0 Å². The van der Waals surface area contributed by atoms with Crippen molar-refractivity contribution in [1.29, 1.82) is 0 Å². The van der Waals surface area contributed by atoms with Crippen molar-refractivity contribution in [2.24, 2.45) is 0 Å². The van der Waals surface area contributed by atoms with E-state index in [0.29, 0.717) is 0 Å². The Morgan fingerprint density at radius 1 is 1.33 bits per heavy atom. The lowest BCUT2D eigenvalue weighted by atomic mass is 10.2. The fourth-order valence-electron chi connectivity index (χ4n) is 0.928. The van der Waals surface area contributed by atoms with Gasteiger partial charge in [-0.25, -0.2) is 0 Å². The number of hydrogen-bond donors (Lipinski definition) is 1. The van der Waals surface area contributed by atoms with Crippen LogP contribution in [0.25, 0.3) is 12.2 Å². The lowest BCUT2D eigenvalue weighted by Gasteiger charge is -1.80. The van der Waals surface area contributed by atoms with Crippen molar-refractivity contribution >= 4 is 12.2 Å². The maximum absolute atomic E-state index is 4.68. The molecule has 0 bridgehead atoms. The quantitative estimate of drug-likeness (QED) is 0.731. The van der Waals surface area contributed by atoms with Crippen LogP contribution < -0.4 is 0 Å². The van der Waals surface area contributed by atoms with Gasteiger partial charge in [-0.2, -0.15) is 0 Å². The van der Waals surface area contributed by atoms with Crippen LogP contribution in [0.3, 0.4) is 0 Å². The zero-order valence-corrected chi connectivity index (χ0v) is 6.40. The highest BCUT2D eigenvalue weighted by Crippen LogP contribution is 2.05. The Balaban J connectivity index is 2.14. The summed E-state index contributed by atoms with van der Waals surface area (Å²) in [6, 6.07) is 1.99. The van der Waals surface area contributed by atoms with Gasteiger partial charge in [-0.05, 0) is 17.7 Å². The third-order valence-electron chi connectivity index (χ3n) is 1.54. The van der Waals surface area contributed by atoms with Gasteiger partial charge in [-0.15, -0.1) is 0 Å². The highest BCUT2D eigenvalue weighted by molar-refractivity contribution is 5.68. The first-order valence-corrected chi connectivity index (χ1v) is 3.65. The normalized spacial score (nSPS) is 11.0. The van der Waals surface area contributed by atoms with Crippen LogP contribution >= 0.6 is 0 Å². The van der Waals surface area contributed by atoms with Gasteiger partial charge in [-0.3, -0.25) is 0 Å². The third-order valence-corrected chi connectivity index (χ3v) is 1.54. The molecule has 0 radical (unpaired) electrons. The molecule has 0 aliphatic carbocycles. The minimum atomic E-state index is 0.969. The molecule has 0 amide bonds. The zero-order valence-electron chi connectivity index (χ0n) is 6.40. The second kappa shape index (κ2) is 3.09. The van der Waals surface area contributed by atoms with Gasteiger partial charge in [-0.1, -0.05) is 11.2 Å². The van der Waals surface area contributed by atoms with E-state index in [2.05, 4.69) is 14.7 Å². The topological polar surface area (TPSA) is 41.8 Å². The van der Waals surface area contributed by atoms with Crippen molar-refractivity contribution in [3.63, 3.8) is 0 Å². The molecule has 3 nitrogen and oxygen atoms in total. The van der Waals surface area contributed by atoms with Crippen LogP contribution in [-0.4, -0.2) is 10.1 Å². The Hall–Kier alpha value is -1.77. The van der Waals surface area contributed by atoms with Crippen LogP contribution in [0.5, 0.6) is 0 Å². The standard InChI is InChI=1S/C9H8N2O/c1(8-3-4-10-5-8)2-9-6-11-12-7-9/h1-7,10H/b2-1+. The monoisotopic (exact) mass is 160 g/mol. The Morgan fingerprint density at radius 2 is 2.25 bits per heavy atom. The second-order valence-electron chi connectivity index (χ2n) is 2.44. The van der Waals surface area contributed by atoms with E-state index < -0.39 is 0 Å². The Morgan fingerprint density at radius 3 is 2.92 bits per heavy atom. The average molecular weight is 160 g/mol. The molecule has 0 atom stereocenters. The molecule has 2 aromatic heterocycles. The van der Waals surface area contributed by atoms with Gasteiger partial charge in [0.05, 0.1) is 6.20 Å². The summed E-state index contributed by atoms with van der Waals surface area (Å²) in [6.07, 6.45) is 11.0. The highest BCUT2D eigenvalue weighted by Gasteiger charge is 1.88. The maximum Gasteiger partial charge on any atom is 0.131 e. The van der Waals surface area contributed by atoms with Crippen LogP contribution in [0.4, 0.5) is 0 Å². The van der Waals surface area contributed by atoms with E-state index in [1.54, 1.807) is 12.5 Å². The molecule has 3 heteroatoms. The summed E-state index contributed by atoms with van der Waals surface area (Å²) in [6.45, 7) is 0. The molecule has 0 aliphatic heterocycles. The van der Waals surface area contributed by atoms with Crippen LogP contribution in [0.2, 0.25) is 0 Å². The molecule has 2 heterocycles. The predicted molar refractivity (Wildman–Crippen MR) is 46.2 cm³/mol. The number of aromatic amines is 1. The lowest BCUT2D eigenvalue weighted by Crippen LogP contribution is -1.62. The number of nitrogens with zero attached hydrogens (tertiary/aromatic N) is 1. The zero-order chi connectivity index (χ0) is 8.23. The van der Waals surface area contributed by atoms with Crippen molar-refractivity contribution < 1.29 is 4.52 Å². The van der Waals surface area contributed by atoms with Gasteiger partial charge in [0, 0.05) is 18.0 Å². The predicted octanol–water partition coefficient (Wildman–Crippen LogP) is 2.17. The summed E-state index contributed by atoms with van der Waals surface area (Å²) >= 11 is 0. The molecule has 0 spiro atoms.